The van der Waals surface area contributed by atoms with E-state index in [0.29, 0.717) is 29.2 Å². The average molecular weight is 472 g/mol. The van der Waals surface area contributed by atoms with Crippen LogP contribution in [0.15, 0.2) is 94.9 Å². The number of carbonyl (C=O) groups is 1. The highest BCUT2D eigenvalue weighted by Crippen LogP contribution is 2.36. The van der Waals surface area contributed by atoms with E-state index in [0.717, 1.165) is 24.1 Å². The lowest BCUT2D eigenvalue weighted by Gasteiger charge is -2.21. The van der Waals surface area contributed by atoms with Crippen LogP contribution in [0.1, 0.15) is 23.7 Å². The van der Waals surface area contributed by atoms with Crippen molar-refractivity contribution in [1.82, 2.24) is 9.55 Å². The molecule has 1 aromatic heterocycles. The van der Waals surface area contributed by atoms with Gasteiger partial charge < -0.3 is 10.1 Å². The van der Waals surface area contributed by atoms with Gasteiger partial charge >= 0.3 is 0 Å². The SMILES string of the molecule is O=C(Nc1ccccc1)C(Sc1nc2ccccc2c(=O)n1CC1CCCO1)c1ccccc1. The Hall–Kier alpha value is -3.42. The van der Waals surface area contributed by atoms with Gasteiger partial charge in [-0.2, -0.15) is 0 Å². The molecule has 5 rings (SSSR count). The summed E-state index contributed by atoms with van der Waals surface area (Å²) in [6, 6.07) is 26.3. The maximum absolute atomic E-state index is 13.5. The number of nitrogens with zero attached hydrogens (tertiary/aromatic N) is 2. The zero-order valence-corrected chi connectivity index (χ0v) is 19.4. The van der Waals surface area contributed by atoms with E-state index in [4.69, 9.17) is 9.72 Å². The third kappa shape index (κ3) is 4.90. The number of para-hydroxylation sites is 2. The smallest absolute Gasteiger partial charge is 0.262 e. The van der Waals surface area contributed by atoms with Crippen molar-refractivity contribution in [2.45, 2.75) is 35.9 Å². The Kier molecular flexibility index (Phi) is 6.74. The summed E-state index contributed by atoms with van der Waals surface area (Å²) in [5, 5.41) is 3.49. The van der Waals surface area contributed by atoms with Crippen molar-refractivity contribution in [2.24, 2.45) is 0 Å². The molecule has 0 saturated carbocycles. The molecule has 3 aromatic carbocycles. The molecule has 0 aliphatic carbocycles. The van der Waals surface area contributed by atoms with Crippen LogP contribution in [0, 0.1) is 0 Å². The van der Waals surface area contributed by atoms with Crippen LogP contribution in [0.25, 0.3) is 10.9 Å². The summed E-state index contributed by atoms with van der Waals surface area (Å²) in [7, 11) is 0. The van der Waals surface area contributed by atoms with Crippen molar-refractivity contribution in [2.75, 3.05) is 11.9 Å². The van der Waals surface area contributed by atoms with Gasteiger partial charge in [-0.15, -0.1) is 0 Å². The number of carbonyl (C=O) groups excluding carboxylic acids is 1. The number of ether oxygens (including phenoxy) is 1. The zero-order chi connectivity index (χ0) is 23.3. The summed E-state index contributed by atoms with van der Waals surface area (Å²) < 4.78 is 7.49. The maximum atomic E-state index is 13.5. The number of fused-ring (bicyclic) bond motifs is 1. The fourth-order valence-electron chi connectivity index (χ4n) is 4.13. The second-order valence-electron chi connectivity index (χ2n) is 8.23. The van der Waals surface area contributed by atoms with Crippen molar-refractivity contribution >= 4 is 34.3 Å². The van der Waals surface area contributed by atoms with Crippen LogP contribution >= 0.6 is 11.8 Å². The standard InChI is InChI=1S/C27H25N3O3S/c31-25(28-20-12-5-2-6-13-20)24(19-10-3-1-4-11-19)34-27-29-23-16-8-7-15-22(23)26(32)30(27)18-21-14-9-17-33-21/h1-8,10-13,15-16,21,24H,9,14,17-18H2,(H,28,31). The molecule has 4 aromatic rings. The van der Waals surface area contributed by atoms with Crippen LogP contribution < -0.4 is 10.9 Å². The Labute approximate surface area is 202 Å². The largest absolute Gasteiger partial charge is 0.376 e. The fraction of sp³-hybridized carbons (Fsp3) is 0.222. The third-order valence-corrected chi connectivity index (χ3v) is 7.09. The van der Waals surface area contributed by atoms with Gasteiger partial charge in [-0.25, -0.2) is 4.98 Å². The van der Waals surface area contributed by atoms with Crippen LogP contribution in [0.3, 0.4) is 0 Å². The van der Waals surface area contributed by atoms with Gasteiger partial charge in [-0.1, -0.05) is 72.4 Å². The van der Waals surface area contributed by atoms with E-state index in [1.807, 2.05) is 78.9 Å². The Bertz CT molecular complexity index is 1340. The van der Waals surface area contributed by atoms with Gasteiger partial charge in [0.25, 0.3) is 5.56 Å². The molecule has 2 atom stereocenters. The highest BCUT2D eigenvalue weighted by molar-refractivity contribution is 8.00. The van der Waals surface area contributed by atoms with Crippen molar-refractivity contribution in [3.8, 4) is 0 Å². The van der Waals surface area contributed by atoms with E-state index in [1.54, 1.807) is 10.6 Å². The Morgan fingerprint density at radius 1 is 1.03 bits per heavy atom. The number of anilines is 1. The van der Waals surface area contributed by atoms with Crippen molar-refractivity contribution in [1.29, 1.82) is 0 Å². The lowest BCUT2D eigenvalue weighted by atomic mass is 10.1. The first-order valence-corrected chi connectivity index (χ1v) is 12.3. The van der Waals surface area contributed by atoms with E-state index in [1.165, 1.54) is 11.8 Å². The second-order valence-corrected chi connectivity index (χ2v) is 9.30. The summed E-state index contributed by atoms with van der Waals surface area (Å²) in [5.74, 6) is -0.173. The summed E-state index contributed by atoms with van der Waals surface area (Å²) in [6.07, 6.45) is 1.85. The lowest BCUT2D eigenvalue weighted by Crippen LogP contribution is -2.29. The molecule has 34 heavy (non-hydrogen) atoms. The van der Waals surface area contributed by atoms with E-state index < -0.39 is 5.25 Å². The van der Waals surface area contributed by atoms with Gasteiger partial charge in [-0.05, 0) is 42.7 Å². The highest BCUT2D eigenvalue weighted by Gasteiger charge is 2.27. The van der Waals surface area contributed by atoms with Gasteiger partial charge in [0.15, 0.2) is 5.16 Å². The van der Waals surface area contributed by atoms with Crippen LogP contribution in [-0.2, 0) is 16.1 Å². The molecule has 1 amide bonds. The molecule has 172 valence electrons. The highest BCUT2D eigenvalue weighted by atomic mass is 32.2. The molecule has 6 nitrogen and oxygen atoms in total. The lowest BCUT2D eigenvalue weighted by molar-refractivity contribution is -0.115. The van der Waals surface area contributed by atoms with Gasteiger partial charge in [0.2, 0.25) is 5.91 Å². The molecule has 0 bridgehead atoms. The van der Waals surface area contributed by atoms with Crippen LogP contribution in [0.2, 0.25) is 0 Å². The quantitative estimate of drug-likeness (QED) is 0.302. The van der Waals surface area contributed by atoms with E-state index in [2.05, 4.69) is 5.32 Å². The average Bonchev–Trinajstić information content (AvgIpc) is 3.39. The molecule has 1 aliphatic heterocycles. The molecule has 2 heterocycles. The Morgan fingerprint density at radius 3 is 2.47 bits per heavy atom. The van der Waals surface area contributed by atoms with Crippen LogP contribution in [0.4, 0.5) is 5.69 Å². The Morgan fingerprint density at radius 2 is 1.74 bits per heavy atom. The second kappa shape index (κ2) is 10.2. The monoisotopic (exact) mass is 471 g/mol. The maximum Gasteiger partial charge on any atom is 0.262 e. The van der Waals surface area contributed by atoms with Crippen molar-refractivity contribution in [3.63, 3.8) is 0 Å². The molecule has 1 N–H and O–H groups in total. The summed E-state index contributed by atoms with van der Waals surface area (Å²) in [5.41, 5.74) is 2.07. The van der Waals surface area contributed by atoms with Gasteiger partial charge in [0.05, 0.1) is 23.6 Å². The first kappa shape index (κ1) is 22.4. The first-order valence-electron chi connectivity index (χ1n) is 11.4. The van der Waals surface area contributed by atoms with Gasteiger partial charge in [0.1, 0.15) is 5.25 Å². The molecule has 1 saturated heterocycles. The number of amides is 1. The first-order chi connectivity index (χ1) is 16.7. The van der Waals surface area contributed by atoms with Gasteiger partial charge in [-0.3, -0.25) is 14.2 Å². The fourth-order valence-corrected chi connectivity index (χ4v) is 5.23. The molecule has 0 radical (unpaired) electrons. The van der Waals surface area contributed by atoms with E-state index in [-0.39, 0.29) is 17.6 Å². The summed E-state index contributed by atoms with van der Waals surface area (Å²) in [4.78, 5) is 31.7. The summed E-state index contributed by atoms with van der Waals surface area (Å²) >= 11 is 1.29. The van der Waals surface area contributed by atoms with Crippen LogP contribution in [-0.4, -0.2) is 28.2 Å². The number of hydrogen-bond donors (Lipinski definition) is 1. The van der Waals surface area contributed by atoms with E-state index >= 15 is 0 Å². The molecule has 7 heteroatoms. The predicted octanol–water partition coefficient (Wildman–Crippen LogP) is 5.05. The molecule has 1 aliphatic rings. The molecule has 0 spiro atoms. The number of aromatic nitrogens is 2. The molecule has 1 fully saturated rings. The summed E-state index contributed by atoms with van der Waals surface area (Å²) in [6.45, 7) is 1.12. The number of rotatable bonds is 7. The van der Waals surface area contributed by atoms with Crippen molar-refractivity contribution < 1.29 is 9.53 Å². The zero-order valence-electron chi connectivity index (χ0n) is 18.6. The van der Waals surface area contributed by atoms with Gasteiger partial charge in [0, 0.05) is 12.3 Å². The minimum atomic E-state index is -0.592. The predicted molar refractivity (Wildman–Crippen MR) is 135 cm³/mol. The number of benzene rings is 3. The van der Waals surface area contributed by atoms with E-state index in [9.17, 15) is 9.59 Å². The molecular weight excluding hydrogens is 446 g/mol. The number of hydrogen-bond acceptors (Lipinski definition) is 5. The number of nitrogens with one attached hydrogen (secondary N) is 1. The molecular formula is C27H25N3O3S. The third-order valence-electron chi connectivity index (χ3n) is 5.84. The van der Waals surface area contributed by atoms with Crippen LogP contribution in [0.5, 0.6) is 0 Å². The minimum absolute atomic E-state index is 0.0340. The topological polar surface area (TPSA) is 73.2 Å². The normalized spacial score (nSPS) is 16.4. The number of thioether (sulfide) groups is 1. The molecule has 2 unspecified atom stereocenters. The minimum Gasteiger partial charge on any atom is -0.376 e. The van der Waals surface area contributed by atoms with Crippen molar-refractivity contribution in [3.05, 3.63) is 101 Å². The Balaban J connectivity index is 1.55.